The largest absolute Gasteiger partial charge is 0.444 e. The molecule has 1 unspecified atom stereocenters. The molecule has 1 atom stereocenters. The van der Waals surface area contributed by atoms with Crippen molar-refractivity contribution in [3.63, 3.8) is 0 Å². The fourth-order valence-corrected chi connectivity index (χ4v) is 9.61. The van der Waals surface area contributed by atoms with Crippen molar-refractivity contribution in [3.05, 3.63) is 115 Å². The minimum absolute atomic E-state index is 0.0269. The molecule has 5 aromatic rings. The number of fused-ring (bicyclic) bond motifs is 2. The second kappa shape index (κ2) is 10.5. The Bertz CT molecular complexity index is 2030. The lowest BCUT2D eigenvalue weighted by molar-refractivity contribution is -0.0226. The number of thiophene rings is 1. The number of nitrogens with zero attached hydrogens (tertiary/aromatic N) is 1. The number of H-pyrrole nitrogens is 1. The normalized spacial score (nSPS) is 17.8. The zero-order chi connectivity index (χ0) is 30.8. The maximum Gasteiger partial charge on any atom is 0.444 e. The van der Waals surface area contributed by atoms with Crippen LogP contribution in [0.25, 0.3) is 21.3 Å². The van der Waals surface area contributed by atoms with E-state index in [0.717, 1.165) is 30.2 Å². The lowest BCUT2D eigenvalue weighted by atomic mass is 9.94. The van der Waals surface area contributed by atoms with E-state index in [1.165, 1.54) is 34.9 Å². The summed E-state index contributed by atoms with van der Waals surface area (Å²) in [5, 5.41) is 0.0398. The van der Waals surface area contributed by atoms with Crippen molar-refractivity contribution < 1.29 is 26.8 Å². The molecule has 1 saturated carbocycles. The molecule has 0 amide bonds. The Hall–Kier alpha value is -4.08. The summed E-state index contributed by atoms with van der Waals surface area (Å²) < 4.78 is 75.6. The van der Waals surface area contributed by atoms with Crippen molar-refractivity contribution in [3.8, 4) is 21.9 Å². The number of hydrogen-bond donors (Lipinski definition) is 1. The number of aryl methyl sites for hydroxylation is 2. The topological polar surface area (TPSA) is 90.4 Å². The van der Waals surface area contributed by atoms with Crippen LogP contribution >= 0.6 is 18.9 Å². The molecule has 7 rings (SSSR count). The highest BCUT2D eigenvalue weighted by Gasteiger charge is 2.59. The van der Waals surface area contributed by atoms with Crippen LogP contribution in [0.2, 0.25) is 0 Å². The number of hydrogen-bond acceptors (Lipinski definition) is 6. The van der Waals surface area contributed by atoms with Crippen molar-refractivity contribution in [1.29, 1.82) is 0 Å². The average Bonchev–Trinajstić information content (AvgIpc) is 3.73. The lowest BCUT2D eigenvalue weighted by Crippen LogP contribution is -2.33. The number of para-hydroxylation sites is 2. The first-order valence-corrected chi connectivity index (χ1v) is 16.6. The van der Waals surface area contributed by atoms with E-state index >= 15 is 13.2 Å². The quantitative estimate of drug-likeness (QED) is 0.182. The molecule has 226 valence electrons. The van der Waals surface area contributed by atoms with Gasteiger partial charge in [-0.2, -0.15) is 0 Å². The van der Waals surface area contributed by atoms with Gasteiger partial charge in [0, 0.05) is 27.8 Å². The van der Waals surface area contributed by atoms with Gasteiger partial charge < -0.3 is 9.05 Å². The molecule has 2 aliphatic carbocycles. The van der Waals surface area contributed by atoms with Crippen LogP contribution in [0.1, 0.15) is 47.0 Å². The van der Waals surface area contributed by atoms with Gasteiger partial charge >= 0.3 is 13.3 Å². The Labute approximate surface area is 253 Å². The number of benzene rings is 3. The summed E-state index contributed by atoms with van der Waals surface area (Å²) in [6.07, 6.45) is 0.853. The van der Waals surface area contributed by atoms with Gasteiger partial charge in [-0.05, 0) is 73.7 Å². The lowest BCUT2D eigenvalue weighted by Gasteiger charge is -2.35. The van der Waals surface area contributed by atoms with Crippen LogP contribution in [-0.4, -0.2) is 15.5 Å². The van der Waals surface area contributed by atoms with E-state index in [0.29, 0.717) is 20.8 Å². The number of halogens is 3. The van der Waals surface area contributed by atoms with Gasteiger partial charge in [-0.15, -0.1) is 11.3 Å². The first-order chi connectivity index (χ1) is 21.1. The molecule has 1 fully saturated rings. The summed E-state index contributed by atoms with van der Waals surface area (Å²) in [5.74, 6) is -4.01. The average molecular weight is 639 g/mol. The van der Waals surface area contributed by atoms with E-state index in [-0.39, 0.29) is 40.5 Å². The molecule has 7 nitrogen and oxygen atoms in total. The molecule has 0 spiro atoms. The number of nitrogens with one attached hydrogen (secondary N) is 1. The van der Waals surface area contributed by atoms with Crippen LogP contribution in [0.3, 0.4) is 0 Å². The van der Waals surface area contributed by atoms with Crippen molar-refractivity contribution in [2.45, 2.75) is 50.2 Å². The van der Waals surface area contributed by atoms with Gasteiger partial charge in [0.25, 0.3) is 11.5 Å². The Morgan fingerprint density at radius 3 is 2.18 bits per heavy atom. The van der Waals surface area contributed by atoms with E-state index in [1.54, 1.807) is 43.3 Å². The first-order valence-electron chi connectivity index (χ1n) is 14.1. The van der Waals surface area contributed by atoms with E-state index in [1.807, 2.05) is 0 Å². The highest BCUT2D eigenvalue weighted by molar-refractivity contribution is 7.55. The number of alkyl halides is 2. The van der Waals surface area contributed by atoms with Crippen molar-refractivity contribution >= 4 is 29.8 Å². The van der Waals surface area contributed by atoms with Crippen molar-refractivity contribution in [2.75, 3.05) is 0 Å². The van der Waals surface area contributed by atoms with E-state index in [4.69, 9.17) is 9.05 Å². The summed E-state index contributed by atoms with van der Waals surface area (Å²) in [5.41, 5.74) is -2.44. The molecular weight excluding hydrogens is 612 g/mol. The Kier molecular flexibility index (Phi) is 6.86. The fraction of sp³-hybridized carbons (Fsp3) is 0.250. The summed E-state index contributed by atoms with van der Waals surface area (Å²) in [4.78, 5) is 28.5. The number of aromatic amines is 1. The van der Waals surface area contributed by atoms with E-state index in [9.17, 15) is 14.2 Å². The van der Waals surface area contributed by atoms with Crippen molar-refractivity contribution in [2.24, 2.45) is 0 Å². The number of aromatic nitrogens is 2. The molecule has 0 radical (unpaired) electrons. The van der Waals surface area contributed by atoms with Gasteiger partial charge in [-0.3, -0.25) is 14.3 Å². The molecule has 1 N–H and O–H groups in total. The van der Waals surface area contributed by atoms with Crippen molar-refractivity contribution in [1.82, 2.24) is 9.55 Å². The molecule has 2 aromatic heterocycles. The Balaban J connectivity index is 1.41. The Morgan fingerprint density at radius 1 is 0.977 bits per heavy atom. The molecule has 44 heavy (non-hydrogen) atoms. The van der Waals surface area contributed by atoms with Gasteiger partial charge in [-0.1, -0.05) is 36.4 Å². The molecule has 3 aromatic carbocycles. The highest BCUT2D eigenvalue weighted by Crippen LogP contribution is 2.68. The smallest absolute Gasteiger partial charge is 0.416 e. The van der Waals surface area contributed by atoms with Crippen LogP contribution < -0.4 is 20.3 Å². The van der Waals surface area contributed by atoms with Crippen LogP contribution in [0.15, 0.2) is 82.4 Å². The molecule has 2 heterocycles. The second-order valence-electron chi connectivity index (χ2n) is 11.1. The zero-order valence-corrected chi connectivity index (χ0v) is 25.1. The maximum atomic E-state index is 16.0. The third kappa shape index (κ3) is 4.88. The maximum absolute atomic E-state index is 16.0. The molecule has 0 bridgehead atoms. The predicted molar refractivity (Wildman–Crippen MR) is 163 cm³/mol. The van der Waals surface area contributed by atoms with Gasteiger partial charge in [0.15, 0.2) is 5.66 Å². The Morgan fingerprint density at radius 2 is 1.59 bits per heavy atom. The van der Waals surface area contributed by atoms with E-state index in [2.05, 4.69) is 4.98 Å². The summed E-state index contributed by atoms with van der Waals surface area (Å²) in [6.45, 7) is 1.62. The molecular formula is C32H26F3N2O5PS. The third-order valence-electron chi connectivity index (χ3n) is 8.07. The molecule has 0 aliphatic heterocycles. The minimum atomic E-state index is -4.69. The summed E-state index contributed by atoms with van der Waals surface area (Å²) in [6, 6.07) is 18.4. The van der Waals surface area contributed by atoms with Crippen LogP contribution in [0.4, 0.5) is 13.2 Å². The summed E-state index contributed by atoms with van der Waals surface area (Å²) >= 11 is 1.12. The van der Waals surface area contributed by atoms with Crippen LogP contribution in [-0.2, 0) is 11.0 Å². The van der Waals surface area contributed by atoms with Gasteiger partial charge in [-0.25, -0.2) is 22.5 Å². The molecule has 0 saturated heterocycles. The monoisotopic (exact) mass is 638 g/mol. The van der Waals surface area contributed by atoms with Crippen LogP contribution in [0, 0.1) is 12.7 Å². The standard InChI is InChI=1S/C32H26F3N2O5PS/c1-18-27(24(33)16-23-28(18)37(19-12-13-19)31(39)36-30(23)38)26-17-22-25(44-26)14-15-32(34,35)29(22)43(40,41-20-8-4-2-5-9-20)42-21-10-6-3-7-11-21/h2-11,16-17,19,29H,12-15H2,1H3,(H,36,38,39). The van der Waals surface area contributed by atoms with Gasteiger partial charge in [0.05, 0.1) is 10.9 Å². The summed E-state index contributed by atoms with van der Waals surface area (Å²) in [7, 11) is -4.69. The predicted octanol–water partition coefficient (Wildman–Crippen LogP) is 8.17. The molecule has 12 heteroatoms. The van der Waals surface area contributed by atoms with Crippen LogP contribution in [0.5, 0.6) is 11.5 Å². The number of rotatable bonds is 7. The minimum Gasteiger partial charge on any atom is -0.416 e. The van der Waals surface area contributed by atoms with E-state index < -0.39 is 42.7 Å². The fourth-order valence-electron chi connectivity index (χ4n) is 5.98. The van der Waals surface area contributed by atoms with Gasteiger partial charge in [0.2, 0.25) is 0 Å². The molecule has 2 aliphatic rings. The van der Waals surface area contributed by atoms with Gasteiger partial charge in [0.1, 0.15) is 17.3 Å². The first kappa shape index (κ1) is 28.7. The SMILES string of the molecule is Cc1c(-c2cc3c(s2)CCC(F)(F)C3P(=O)(Oc2ccccc2)Oc2ccccc2)c(F)cc2c(=O)[nH]c(=O)n(C3CC3)c12. The zero-order valence-electron chi connectivity index (χ0n) is 23.4. The highest BCUT2D eigenvalue weighted by atomic mass is 32.1. The second-order valence-corrected chi connectivity index (χ2v) is 14.2. The third-order valence-corrected chi connectivity index (χ3v) is 11.5.